The van der Waals surface area contributed by atoms with Crippen molar-refractivity contribution >= 4 is 5.91 Å². The zero-order valence-electron chi connectivity index (χ0n) is 17.2. The third kappa shape index (κ3) is 4.07. The third-order valence-electron chi connectivity index (χ3n) is 5.35. The van der Waals surface area contributed by atoms with Gasteiger partial charge in [-0.15, -0.1) is 0 Å². The number of pyridine rings is 1. The van der Waals surface area contributed by atoms with E-state index in [0.29, 0.717) is 53.7 Å². The number of aromatic nitrogens is 3. The van der Waals surface area contributed by atoms with E-state index < -0.39 is 0 Å². The molecule has 0 unspecified atom stereocenters. The number of ether oxygens (including phenoxy) is 2. The van der Waals surface area contributed by atoms with Crippen molar-refractivity contribution in [2.45, 2.75) is 12.3 Å². The molecule has 2 N–H and O–H groups in total. The van der Waals surface area contributed by atoms with Gasteiger partial charge >= 0.3 is 0 Å². The van der Waals surface area contributed by atoms with Crippen molar-refractivity contribution in [3.8, 4) is 22.8 Å². The Labute approximate surface area is 177 Å². The first-order chi connectivity index (χ1) is 15.0. The summed E-state index contributed by atoms with van der Waals surface area (Å²) in [5.74, 6) is 1.14. The van der Waals surface area contributed by atoms with Gasteiger partial charge in [-0.2, -0.15) is 0 Å². The molecule has 1 aromatic carbocycles. The molecule has 3 heterocycles. The first-order valence-corrected chi connectivity index (χ1v) is 9.80. The van der Waals surface area contributed by atoms with E-state index in [0.717, 1.165) is 0 Å². The van der Waals surface area contributed by atoms with E-state index >= 15 is 0 Å². The molecule has 4 rings (SSSR count). The molecule has 0 radical (unpaired) electrons. The van der Waals surface area contributed by atoms with Crippen molar-refractivity contribution in [3.05, 3.63) is 74.7 Å². The van der Waals surface area contributed by atoms with Crippen LogP contribution < -0.4 is 20.6 Å². The van der Waals surface area contributed by atoms with Crippen molar-refractivity contribution in [2.24, 2.45) is 0 Å². The summed E-state index contributed by atoms with van der Waals surface area (Å²) in [7, 11) is 3.05. The molecular formula is C22H22N4O5. The van der Waals surface area contributed by atoms with Gasteiger partial charge in [-0.25, -0.2) is 4.98 Å². The molecule has 1 saturated heterocycles. The topological polar surface area (TPSA) is 117 Å². The number of carbonyl (C=O) groups is 1. The molecule has 0 bridgehead atoms. The molecule has 2 aromatic heterocycles. The van der Waals surface area contributed by atoms with E-state index in [1.165, 1.54) is 26.5 Å². The van der Waals surface area contributed by atoms with Crippen LogP contribution in [0.2, 0.25) is 0 Å². The number of likely N-dealkylation sites (tertiary alicyclic amines) is 1. The van der Waals surface area contributed by atoms with Gasteiger partial charge in [-0.05, 0) is 36.8 Å². The second-order valence-corrected chi connectivity index (χ2v) is 7.23. The highest BCUT2D eigenvalue weighted by Gasteiger charge is 2.31. The molecule has 160 valence electrons. The van der Waals surface area contributed by atoms with Crippen LogP contribution in [-0.2, 0) is 0 Å². The normalized spacial score (nSPS) is 15.7. The fourth-order valence-corrected chi connectivity index (χ4v) is 3.75. The van der Waals surface area contributed by atoms with Crippen LogP contribution in [0.4, 0.5) is 0 Å². The van der Waals surface area contributed by atoms with Crippen molar-refractivity contribution < 1.29 is 14.3 Å². The molecule has 3 aromatic rings. The van der Waals surface area contributed by atoms with Crippen LogP contribution in [-0.4, -0.2) is 53.1 Å². The number of hydrogen-bond acceptors (Lipinski definition) is 6. The molecule has 1 amide bonds. The minimum atomic E-state index is -0.345. The van der Waals surface area contributed by atoms with Crippen molar-refractivity contribution in [3.63, 3.8) is 0 Å². The van der Waals surface area contributed by atoms with Crippen molar-refractivity contribution in [1.29, 1.82) is 0 Å². The maximum Gasteiger partial charge on any atom is 0.257 e. The highest BCUT2D eigenvalue weighted by Crippen LogP contribution is 2.30. The summed E-state index contributed by atoms with van der Waals surface area (Å²) in [6.07, 6.45) is 2.16. The van der Waals surface area contributed by atoms with Crippen LogP contribution in [0.15, 0.2) is 52.2 Å². The van der Waals surface area contributed by atoms with Gasteiger partial charge in [0.25, 0.3) is 17.0 Å². The number of carbonyl (C=O) groups excluding carboxylic acids is 1. The standard InChI is InChI=1S/C22H22N4O5/c1-30-14-5-6-18(31-2)16(10-14)22(29)26-9-7-13(12-26)20-24-17(11-19(27)25-20)15-4-3-8-23-21(15)28/h3-6,8,10-11,13H,7,9,12H2,1-2H3,(H,23,28)(H,24,25,27)/t13-/m1/s1. The van der Waals surface area contributed by atoms with E-state index in [1.54, 1.807) is 35.2 Å². The second-order valence-electron chi connectivity index (χ2n) is 7.23. The van der Waals surface area contributed by atoms with Gasteiger partial charge in [0.15, 0.2) is 0 Å². The Kier molecular flexibility index (Phi) is 5.57. The minimum Gasteiger partial charge on any atom is -0.497 e. The molecule has 1 aliphatic rings. The third-order valence-corrected chi connectivity index (χ3v) is 5.35. The summed E-state index contributed by atoms with van der Waals surface area (Å²) in [5.41, 5.74) is 0.373. The SMILES string of the molecule is COc1ccc(OC)c(C(=O)N2CC[C@@H](c3nc(-c4ccc[nH]c4=O)cc(=O)[nH]3)C2)c1. The molecule has 0 saturated carbocycles. The van der Waals surface area contributed by atoms with Gasteiger partial charge in [0, 0.05) is 31.3 Å². The quantitative estimate of drug-likeness (QED) is 0.647. The summed E-state index contributed by atoms with van der Waals surface area (Å²) in [6, 6.07) is 9.66. The average Bonchev–Trinajstić information content (AvgIpc) is 3.28. The molecule has 1 fully saturated rings. The first-order valence-electron chi connectivity index (χ1n) is 9.80. The molecule has 31 heavy (non-hydrogen) atoms. The second kappa shape index (κ2) is 8.47. The van der Waals surface area contributed by atoms with Crippen LogP contribution >= 0.6 is 0 Å². The number of rotatable bonds is 5. The maximum atomic E-state index is 13.1. The summed E-state index contributed by atoms with van der Waals surface area (Å²) >= 11 is 0. The smallest absolute Gasteiger partial charge is 0.257 e. The monoisotopic (exact) mass is 422 g/mol. The Morgan fingerprint density at radius 1 is 1.16 bits per heavy atom. The van der Waals surface area contributed by atoms with Crippen LogP contribution in [0.1, 0.15) is 28.5 Å². The number of hydrogen-bond donors (Lipinski definition) is 2. The van der Waals surface area contributed by atoms with E-state index in [9.17, 15) is 14.4 Å². The Balaban J connectivity index is 1.60. The summed E-state index contributed by atoms with van der Waals surface area (Å²) in [4.78, 5) is 49.0. The lowest BCUT2D eigenvalue weighted by Crippen LogP contribution is -2.29. The lowest BCUT2D eigenvalue weighted by atomic mass is 10.1. The Morgan fingerprint density at radius 2 is 2.00 bits per heavy atom. The van der Waals surface area contributed by atoms with Crippen LogP contribution in [0.5, 0.6) is 11.5 Å². The van der Waals surface area contributed by atoms with E-state index in [4.69, 9.17) is 9.47 Å². The fourth-order valence-electron chi connectivity index (χ4n) is 3.75. The Hall–Kier alpha value is -3.88. The first kappa shape index (κ1) is 20.4. The Bertz CT molecular complexity index is 1230. The number of benzene rings is 1. The minimum absolute atomic E-state index is 0.156. The zero-order chi connectivity index (χ0) is 22.0. The number of nitrogens with zero attached hydrogens (tertiary/aromatic N) is 2. The molecule has 1 aliphatic heterocycles. The predicted molar refractivity (Wildman–Crippen MR) is 114 cm³/mol. The van der Waals surface area contributed by atoms with Crippen molar-refractivity contribution in [2.75, 3.05) is 27.3 Å². The zero-order valence-corrected chi connectivity index (χ0v) is 17.2. The molecule has 0 aliphatic carbocycles. The van der Waals surface area contributed by atoms with Gasteiger partial charge in [-0.3, -0.25) is 14.4 Å². The number of amides is 1. The largest absolute Gasteiger partial charge is 0.497 e. The van der Waals surface area contributed by atoms with Crippen LogP contribution in [0, 0.1) is 0 Å². The molecule has 9 nitrogen and oxygen atoms in total. The predicted octanol–water partition coefficient (Wildman–Crippen LogP) is 1.77. The molecule has 0 spiro atoms. The number of nitrogens with one attached hydrogen (secondary N) is 2. The molecule has 1 atom stereocenters. The van der Waals surface area contributed by atoms with Gasteiger partial charge in [0.1, 0.15) is 17.3 Å². The van der Waals surface area contributed by atoms with Gasteiger partial charge in [0.2, 0.25) is 0 Å². The number of H-pyrrole nitrogens is 2. The lowest BCUT2D eigenvalue weighted by Gasteiger charge is -2.18. The van der Waals surface area contributed by atoms with E-state index in [-0.39, 0.29) is 22.9 Å². The van der Waals surface area contributed by atoms with Crippen LogP contribution in [0.3, 0.4) is 0 Å². The number of aromatic amines is 2. The van der Waals surface area contributed by atoms with Gasteiger partial charge < -0.3 is 24.3 Å². The Morgan fingerprint density at radius 3 is 2.74 bits per heavy atom. The maximum absolute atomic E-state index is 13.1. The molecule has 9 heteroatoms. The number of methoxy groups -OCH3 is 2. The molecular weight excluding hydrogens is 400 g/mol. The van der Waals surface area contributed by atoms with E-state index in [1.807, 2.05) is 0 Å². The van der Waals surface area contributed by atoms with Gasteiger partial charge in [0.05, 0.1) is 31.0 Å². The fraction of sp³-hybridized carbons (Fsp3) is 0.273. The van der Waals surface area contributed by atoms with Crippen molar-refractivity contribution in [1.82, 2.24) is 19.9 Å². The van der Waals surface area contributed by atoms with E-state index in [2.05, 4.69) is 15.0 Å². The average molecular weight is 422 g/mol. The highest BCUT2D eigenvalue weighted by molar-refractivity contribution is 5.97. The van der Waals surface area contributed by atoms with Gasteiger partial charge in [-0.1, -0.05) is 0 Å². The summed E-state index contributed by atoms with van der Waals surface area (Å²) < 4.78 is 10.6. The summed E-state index contributed by atoms with van der Waals surface area (Å²) in [6.45, 7) is 0.889. The highest BCUT2D eigenvalue weighted by atomic mass is 16.5. The lowest BCUT2D eigenvalue weighted by molar-refractivity contribution is 0.0786. The van der Waals surface area contributed by atoms with Crippen LogP contribution in [0.25, 0.3) is 11.3 Å². The summed E-state index contributed by atoms with van der Waals surface area (Å²) in [5, 5.41) is 0.